The highest BCUT2D eigenvalue weighted by Gasteiger charge is 2.27. The van der Waals surface area contributed by atoms with Crippen LogP contribution in [0.15, 0.2) is 48.5 Å². The number of aliphatic carboxylic acids is 1. The molecule has 0 saturated carbocycles. The number of carbonyl (C=O) groups is 1. The number of hydrogen-bond donors (Lipinski definition) is 5. The molecule has 118 valence electrons. The fraction of sp³-hybridized carbons (Fsp3) is 0.118. The van der Waals surface area contributed by atoms with Crippen molar-refractivity contribution in [2.24, 2.45) is 0 Å². The number of carboxylic acids is 1. The molecule has 0 heterocycles. The van der Waals surface area contributed by atoms with Gasteiger partial charge in [0.15, 0.2) is 0 Å². The molecule has 0 radical (unpaired) electrons. The van der Waals surface area contributed by atoms with Crippen molar-refractivity contribution in [3.05, 3.63) is 59.7 Å². The van der Waals surface area contributed by atoms with Crippen molar-refractivity contribution in [2.75, 3.05) is 5.43 Å². The first-order valence-electron chi connectivity index (χ1n) is 7.04. The molecule has 0 aliphatic rings. The van der Waals surface area contributed by atoms with Crippen molar-refractivity contribution >= 4 is 23.1 Å². The van der Waals surface area contributed by atoms with E-state index in [1.54, 1.807) is 24.3 Å². The molecule has 0 spiro atoms. The summed E-state index contributed by atoms with van der Waals surface area (Å²) in [5, 5.41) is 27.1. The minimum atomic E-state index is -1.21. The zero-order valence-corrected chi connectivity index (χ0v) is 12.7. The molecule has 6 nitrogen and oxygen atoms in total. The van der Waals surface area contributed by atoms with Crippen LogP contribution in [0.25, 0.3) is 0 Å². The lowest BCUT2D eigenvalue weighted by Crippen LogP contribution is -2.82. The molecule has 6 N–H and O–H groups in total. The fourth-order valence-corrected chi connectivity index (χ4v) is 2.08. The average Bonchev–Trinajstić information content (AvgIpc) is 2.50. The number of hydrogen-bond acceptors (Lipinski definition) is 3. The SMILES string of the molecule is Cc1cccc(N/[NH+]=C(/Cc2cccc(O)c2)C(=[NH2+])C(=O)O)c1. The van der Waals surface area contributed by atoms with Crippen molar-refractivity contribution in [1.82, 2.24) is 0 Å². The monoisotopic (exact) mass is 313 g/mol. The Bertz CT molecular complexity index is 769. The maximum Gasteiger partial charge on any atom is 0.407 e. The maximum absolute atomic E-state index is 11.2. The first-order chi connectivity index (χ1) is 11.0. The largest absolute Gasteiger partial charge is 0.508 e. The number of hydrazine groups is 1. The third-order valence-electron chi connectivity index (χ3n) is 3.22. The molecule has 2 aromatic rings. The van der Waals surface area contributed by atoms with Gasteiger partial charge in [-0.25, -0.2) is 10.2 Å². The summed E-state index contributed by atoms with van der Waals surface area (Å²) in [6.07, 6.45) is 0.241. The number of nitrogens with two attached hydrogens (primary N) is 1. The van der Waals surface area contributed by atoms with Gasteiger partial charge in [0, 0.05) is 0 Å². The van der Waals surface area contributed by atoms with E-state index in [2.05, 4.69) is 10.5 Å². The number of aryl methyl sites for hydroxylation is 1. The van der Waals surface area contributed by atoms with Crippen molar-refractivity contribution in [3.63, 3.8) is 0 Å². The van der Waals surface area contributed by atoms with E-state index in [0.29, 0.717) is 5.71 Å². The van der Waals surface area contributed by atoms with Crippen molar-refractivity contribution < 1.29 is 25.5 Å². The number of phenols is 1. The van der Waals surface area contributed by atoms with Crippen LogP contribution >= 0.6 is 0 Å². The molecule has 0 fully saturated rings. The predicted molar refractivity (Wildman–Crippen MR) is 87.2 cm³/mol. The van der Waals surface area contributed by atoms with Gasteiger partial charge in [-0.3, -0.25) is 0 Å². The number of carboxylic acid groups (broad SMARTS) is 1. The molecule has 0 atom stereocenters. The van der Waals surface area contributed by atoms with Crippen LogP contribution < -0.4 is 15.9 Å². The summed E-state index contributed by atoms with van der Waals surface area (Å²) in [5.74, 6) is -1.10. The third-order valence-corrected chi connectivity index (χ3v) is 3.22. The van der Waals surface area contributed by atoms with Crippen LogP contribution in [-0.4, -0.2) is 27.6 Å². The Morgan fingerprint density at radius 1 is 1.22 bits per heavy atom. The molecule has 0 amide bonds. The van der Waals surface area contributed by atoms with Crippen molar-refractivity contribution in [1.29, 1.82) is 0 Å². The number of benzene rings is 2. The maximum atomic E-state index is 11.2. The fourth-order valence-electron chi connectivity index (χ4n) is 2.08. The van der Waals surface area contributed by atoms with Crippen LogP contribution in [-0.2, 0) is 11.2 Å². The van der Waals surface area contributed by atoms with Crippen LogP contribution in [0.4, 0.5) is 5.69 Å². The van der Waals surface area contributed by atoms with E-state index in [-0.39, 0.29) is 17.9 Å². The molecule has 0 aliphatic carbocycles. The summed E-state index contributed by atoms with van der Waals surface area (Å²) in [7, 11) is 0. The Labute approximate surface area is 133 Å². The van der Waals surface area contributed by atoms with E-state index in [9.17, 15) is 9.90 Å². The highest BCUT2D eigenvalue weighted by atomic mass is 16.4. The number of aromatic hydroxyl groups is 1. The number of hydrazone groups is 1. The second-order valence-corrected chi connectivity index (χ2v) is 5.16. The molecule has 0 aromatic heterocycles. The minimum Gasteiger partial charge on any atom is -0.508 e. The summed E-state index contributed by atoms with van der Waals surface area (Å²) in [4.78, 5) is 11.2. The first-order valence-corrected chi connectivity index (χ1v) is 7.04. The zero-order chi connectivity index (χ0) is 16.8. The average molecular weight is 313 g/mol. The summed E-state index contributed by atoms with van der Waals surface area (Å²) in [6.45, 7) is 1.96. The van der Waals surface area contributed by atoms with Crippen LogP contribution in [0.3, 0.4) is 0 Å². The molecular formula is C17H19N3O3+2. The normalized spacial score (nSPS) is 11.1. The molecule has 23 heavy (non-hydrogen) atoms. The van der Waals surface area contributed by atoms with Gasteiger partial charge in [-0.1, -0.05) is 24.3 Å². The quantitative estimate of drug-likeness (QED) is 0.351. The van der Waals surface area contributed by atoms with Gasteiger partial charge in [0.25, 0.3) is 5.71 Å². The Hall–Kier alpha value is -3.15. The Morgan fingerprint density at radius 2 is 1.96 bits per heavy atom. The molecule has 0 saturated heterocycles. The molecule has 2 aromatic carbocycles. The molecule has 2 rings (SSSR count). The summed E-state index contributed by atoms with van der Waals surface area (Å²) in [5.41, 5.74) is 5.57. The van der Waals surface area contributed by atoms with E-state index in [4.69, 9.17) is 10.5 Å². The zero-order valence-electron chi connectivity index (χ0n) is 12.7. The second kappa shape index (κ2) is 7.22. The smallest absolute Gasteiger partial charge is 0.407 e. The van der Waals surface area contributed by atoms with Gasteiger partial charge >= 0.3 is 11.7 Å². The lowest BCUT2D eigenvalue weighted by molar-refractivity contribution is -0.419. The topological polar surface area (TPSA) is 109 Å². The van der Waals surface area contributed by atoms with Crippen LogP contribution in [0.5, 0.6) is 5.75 Å². The minimum absolute atomic E-state index is 0.113. The summed E-state index contributed by atoms with van der Waals surface area (Å²) < 4.78 is 0. The van der Waals surface area contributed by atoms with Gasteiger partial charge in [-0.2, -0.15) is 5.43 Å². The second-order valence-electron chi connectivity index (χ2n) is 5.16. The van der Waals surface area contributed by atoms with Gasteiger partial charge in [-0.15, -0.1) is 5.10 Å². The molecule has 0 unspecified atom stereocenters. The molecule has 0 aliphatic heterocycles. The Morgan fingerprint density at radius 3 is 2.61 bits per heavy atom. The van der Waals surface area contributed by atoms with Crippen molar-refractivity contribution in [2.45, 2.75) is 13.3 Å². The van der Waals surface area contributed by atoms with Gasteiger partial charge in [0.1, 0.15) is 5.75 Å². The number of rotatable bonds is 6. The lowest BCUT2D eigenvalue weighted by Gasteiger charge is -2.01. The highest BCUT2D eigenvalue weighted by molar-refractivity contribution is 6.62. The van der Waals surface area contributed by atoms with Gasteiger partial charge in [-0.05, 0) is 42.3 Å². The lowest BCUT2D eigenvalue weighted by atomic mass is 10.0. The van der Waals surface area contributed by atoms with E-state index < -0.39 is 5.97 Å². The summed E-state index contributed by atoms with van der Waals surface area (Å²) >= 11 is 0. The van der Waals surface area contributed by atoms with Gasteiger partial charge in [0.05, 0.1) is 12.1 Å². The number of phenolic OH excluding ortho intramolecular Hbond substituents is 1. The highest BCUT2D eigenvalue weighted by Crippen LogP contribution is 2.11. The van der Waals surface area contributed by atoms with E-state index in [1.807, 2.05) is 31.2 Å². The van der Waals surface area contributed by atoms with Gasteiger partial charge < -0.3 is 10.2 Å². The van der Waals surface area contributed by atoms with E-state index in [1.165, 1.54) is 0 Å². The van der Waals surface area contributed by atoms with E-state index in [0.717, 1.165) is 16.8 Å². The number of anilines is 1. The first kappa shape index (κ1) is 16.2. The third kappa shape index (κ3) is 4.67. The molecule has 0 bridgehead atoms. The van der Waals surface area contributed by atoms with Crippen molar-refractivity contribution in [3.8, 4) is 5.75 Å². The molecular weight excluding hydrogens is 294 g/mol. The van der Waals surface area contributed by atoms with Crippen LogP contribution in [0.2, 0.25) is 0 Å². The predicted octanol–water partition coefficient (Wildman–Crippen LogP) is -0.923. The standard InChI is InChI=1S/C17H17N3O3/c1-11-4-2-6-13(8-11)19-20-15(16(18)17(22)23)10-12-5-3-7-14(21)9-12/h2-9,18-19,21H,10H2,1H3,(H,22,23)/p+2/b18-16?,20-15-. The van der Waals surface area contributed by atoms with Crippen LogP contribution in [0, 0.1) is 6.92 Å². The summed E-state index contributed by atoms with van der Waals surface area (Å²) in [6, 6.07) is 14.2. The number of nitrogens with one attached hydrogen (secondary N) is 2. The Balaban J connectivity index is 2.25. The van der Waals surface area contributed by atoms with Gasteiger partial charge in [0.2, 0.25) is 0 Å². The van der Waals surface area contributed by atoms with Crippen LogP contribution in [0.1, 0.15) is 11.1 Å². The van der Waals surface area contributed by atoms with E-state index >= 15 is 0 Å². The Kier molecular flexibility index (Phi) is 5.09. The molecule has 6 heteroatoms.